The molecular weight excluding hydrogens is 264 g/mol. The summed E-state index contributed by atoms with van der Waals surface area (Å²) in [5, 5.41) is 0.740. The number of carbonyl (C=O) groups is 1. The summed E-state index contributed by atoms with van der Waals surface area (Å²) in [7, 11) is 1.38. The Balaban J connectivity index is 2.40. The van der Waals surface area contributed by atoms with Crippen molar-refractivity contribution in [2.24, 2.45) is 5.92 Å². The highest BCUT2D eigenvalue weighted by Gasteiger charge is 2.18. The monoisotopic (exact) mass is 284 g/mol. The zero-order valence-corrected chi connectivity index (χ0v) is 12.4. The summed E-state index contributed by atoms with van der Waals surface area (Å²) in [6.07, 6.45) is 1.06. The fourth-order valence-electron chi connectivity index (χ4n) is 1.85. The molecule has 0 heterocycles. The smallest absolute Gasteiger partial charge is 0.334 e. The predicted octanol–water partition coefficient (Wildman–Crippen LogP) is 3.49. The van der Waals surface area contributed by atoms with Gasteiger partial charge in [0.25, 0.3) is 0 Å². The lowest BCUT2D eigenvalue weighted by Crippen LogP contribution is -2.27. The largest absolute Gasteiger partial charge is 0.467 e. The molecule has 0 aromatic heterocycles. The molecule has 0 bridgehead atoms. The number of hydrogen-bond donors (Lipinski definition) is 0. The Hall–Kier alpha value is -1.06. The maximum absolute atomic E-state index is 11.4. The third kappa shape index (κ3) is 5.62. The van der Waals surface area contributed by atoms with Crippen molar-refractivity contribution in [3.05, 3.63) is 34.9 Å². The first kappa shape index (κ1) is 16.0. The highest BCUT2D eigenvalue weighted by molar-refractivity contribution is 6.30. The standard InChI is InChI=1S/C15H21ClO3/c1-4-14(15(17)18-3)19-10-11(2)9-12-5-7-13(16)8-6-12/h5-8,11,14H,4,9-10H2,1-3H3. The van der Waals surface area contributed by atoms with E-state index in [1.165, 1.54) is 12.7 Å². The maximum Gasteiger partial charge on any atom is 0.334 e. The summed E-state index contributed by atoms with van der Waals surface area (Å²) in [5.74, 6) is 0.0288. The SMILES string of the molecule is CCC(OCC(C)Cc1ccc(Cl)cc1)C(=O)OC. The van der Waals surface area contributed by atoms with Crippen LogP contribution in [-0.4, -0.2) is 25.8 Å². The zero-order valence-electron chi connectivity index (χ0n) is 11.7. The molecule has 0 radical (unpaired) electrons. The van der Waals surface area contributed by atoms with Crippen LogP contribution in [0.3, 0.4) is 0 Å². The Labute approximate surface area is 119 Å². The molecule has 2 unspecified atom stereocenters. The third-order valence-corrected chi connectivity index (χ3v) is 3.17. The Bertz CT molecular complexity index is 389. The van der Waals surface area contributed by atoms with Gasteiger partial charge in [-0.05, 0) is 36.5 Å². The Morgan fingerprint density at radius 1 is 1.32 bits per heavy atom. The van der Waals surface area contributed by atoms with E-state index < -0.39 is 6.10 Å². The predicted molar refractivity (Wildman–Crippen MR) is 76.4 cm³/mol. The van der Waals surface area contributed by atoms with Crippen LogP contribution in [0.4, 0.5) is 0 Å². The van der Waals surface area contributed by atoms with E-state index >= 15 is 0 Å². The van der Waals surface area contributed by atoms with Crippen LogP contribution in [0.2, 0.25) is 5.02 Å². The number of rotatable bonds is 7. The van der Waals surface area contributed by atoms with Gasteiger partial charge in [0.1, 0.15) is 0 Å². The molecule has 0 fully saturated rings. The first-order valence-corrected chi connectivity index (χ1v) is 6.88. The van der Waals surface area contributed by atoms with Crippen LogP contribution in [-0.2, 0) is 20.7 Å². The van der Waals surface area contributed by atoms with Crippen molar-refractivity contribution in [3.8, 4) is 0 Å². The van der Waals surface area contributed by atoms with E-state index in [0.29, 0.717) is 18.9 Å². The second kappa shape index (κ2) is 8.18. The van der Waals surface area contributed by atoms with E-state index in [-0.39, 0.29) is 5.97 Å². The minimum atomic E-state index is -0.460. The molecule has 3 nitrogen and oxygen atoms in total. The Morgan fingerprint density at radius 3 is 2.47 bits per heavy atom. The molecule has 106 valence electrons. The fourth-order valence-corrected chi connectivity index (χ4v) is 1.97. The molecule has 0 amide bonds. The molecule has 0 N–H and O–H groups in total. The summed E-state index contributed by atoms with van der Waals surface area (Å²) in [5.41, 5.74) is 1.21. The van der Waals surface area contributed by atoms with Crippen molar-refractivity contribution in [2.45, 2.75) is 32.8 Å². The maximum atomic E-state index is 11.4. The minimum Gasteiger partial charge on any atom is -0.467 e. The minimum absolute atomic E-state index is 0.304. The van der Waals surface area contributed by atoms with Crippen molar-refractivity contribution in [1.82, 2.24) is 0 Å². The zero-order chi connectivity index (χ0) is 14.3. The van der Waals surface area contributed by atoms with Gasteiger partial charge >= 0.3 is 5.97 Å². The number of carbonyl (C=O) groups excluding carboxylic acids is 1. The van der Waals surface area contributed by atoms with E-state index in [9.17, 15) is 4.79 Å². The van der Waals surface area contributed by atoms with E-state index in [4.69, 9.17) is 16.3 Å². The lowest BCUT2D eigenvalue weighted by molar-refractivity contribution is -0.155. The van der Waals surface area contributed by atoms with Gasteiger partial charge in [-0.3, -0.25) is 0 Å². The number of esters is 1. The quantitative estimate of drug-likeness (QED) is 0.719. The summed E-state index contributed by atoms with van der Waals surface area (Å²) < 4.78 is 10.3. The summed E-state index contributed by atoms with van der Waals surface area (Å²) in [6.45, 7) is 4.54. The number of ether oxygens (including phenoxy) is 2. The second-order valence-electron chi connectivity index (χ2n) is 4.69. The summed E-state index contributed by atoms with van der Waals surface area (Å²) in [6, 6.07) is 7.79. The molecule has 4 heteroatoms. The first-order valence-electron chi connectivity index (χ1n) is 6.50. The van der Waals surface area contributed by atoms with Crippen molar-refractivity contribution < 1.29 is 14.3 Å². The molecule has 0 aliphatic heterocycles. The molecular formula is C15H21ClO3. The van der Waals surface area contributed by atoms with Crippen LogP contribution in [0.1, 0.15) is 25.8 Å². The highest BCUT2D eigenvalue weighted by atomic mass is 35.5. The topological polar surface area (TPSA) is 35.5 Å². The van der Waals surface area contributed by atoms with Crippen LogP contribution in [0.25, 0.3) is 0 Å². The normalized spacial score (nSPS) is 13.9. The van der Waals surface area contributed by atoms with Gasteiger partial charge in [0.05, 0.1) is 13.7 Å². The van der Waals surface area contributed by atoms with Crippen molar-refractivity contribution in [2.75, 3.05) is 13.7 Å². The van der Waals surface area contributed by atoms with E-state index in [1.54, 1.807) is 0 Å². The van der Waals surface area contributed by atoms with Crippen LogP contribution in [0.15, 0.2) is 24.3 Å². The molecule has 19 heavy (non-hydrogen) atoms. The molecule has 0 spiro atoms. The van der Waals surface area contributed by atoms with Crippen LogP contribution in [0.5, 0.6) is 0 Å². The molecule has 0 saturated carbocycles. The molecule has 1 rings (SSSR count). The average molecular weight is 285 g/mol. The highest BCUT2D eigenvalue weighted by Crippen LogP contribution is 2.14. The molecule has 0 saturated heterocycles. The second-order valence-corrected chi connectivity index (χ2v) is 5.13. The van der Waals surface area contributed by atoms with Gasteiger partial charge < -0.3 is 9.47 Å². The van der Waals surface area contributed by atoms with Crippen molar-refractivity contribution in [1.29, 1.82) is 0 Å². The lowest BCUT2D eigenvalue weighted by Gasteiger charge is -2.17. The van der Waals surface area contributed by atoms with Gasteiger partial charge in [-0.2, -0.15) is 0 Å². The van der Waals surface area contributed by atoms with Crippen LogP contribution < -0.4 is 0 Å². The first-order chi connectivity index (χ1) is 9.06. The summed E-state index contributed by atoms with van der Waals surface area (Å²) in [4.78, 5) is 11.4. The van der Waals surface area contributed by atoms with Crippen molar-refractivity contribution >= 4 is 17.6 Å². The molecule has 0 aliphatic rings. The number of methoxy groups -OCH3 is 1. The molecule has 1 aromatic carbocycles. The number of halogens is 1. The third-order valence-electron chi connectivity index (χ3n) is 2.91. The Morgan fingerprint density at radius 2 is 1.95 bits per heavy atom. The van der Waals surface area contributed by atoms with E-state index in [2.05, 4.69) is 11.7 Å². The van der Waals surface area contributed by atoms with E-state index in [1.807, 2.05) is 31.2 Å². The van der Waals surface area contributed by atoms with Gasteiger partial charge in [-0.15, -0.1) is 0 Å². The van der Waals surface area contributed by atoms with Gasteiger partial charge in [0, 0.05) is 5.02 Å². The van der Waals surface area contributed by atoms with Gasteiger partial charge in [0.2, 0.25) is 0 Å². The summed E-state index contributed by atoms with van der Waals surface area (Å²) >= 11 is 5.84. The Kier molecular flexibility index (Phi) is 6.89. The average Bonchev–Trinajstić information content (AvgIpc) is 2.41. The molecule has 0 aliphatic carbocycles. The van der Waals surface area contributed by atoms with Gasteiger partial charge in [-0.1, -0.05) is 37.6 Å². The van der Waals surface area contributed by atoms with Crippen LogP contribution >= 0.6 is 11.6 Å². The molecule has 1 aromatic rings. The van der Waals surface area contributed by atoms with Gasteiger partial charge in [0.15, 0.2) is 6.10 Å². The molecule has 2 atom stereocenters. The van der Waals surface area contributed by atoms with E-state index in [0.717, 1.165) is 11.4 Å². The number of benzene rings is 1. The fraction of sp³-hybridized carbons (Fsp3) is 0.533. The number of hydrogen-bond acceptors (Lipinski definition) is 3. The van der Waals surface area contributed by atoms with Gasteiger partial charge in [-0.25, -0.2) is 4.79 Å². The van der Waals surface area contributed by atoms with Crippen LogP contribution in [0, 0.1) is 5.92 Å². The van der Waals surface area contributed by atoms with Crippen molar-refractivity contribution in [3.63, 3.8) is 0 Å². The lowest BCUT2D eigenvalue weighted by atomic mass is 10.0.